The fourth-order valence-electron chi connectivity index (χ4n) is 1.67. The van der Waals surface area contributed by atoms with Crippen LogP contribution in [0.15, 0.2) is 0 Å². The Hall–Kier alpha value is -0.920. The summed E-state index contributed by atoms with van der Waals surface area (Å²) >= 11 is 2.41. The molecular formula is C14H12F4I2N2O2. The van der Waals surface area contributed by atoms with Gasteiger partial charge in [0, 0.05) is 27.7 Å². The van der Waals surface area contributed by atoms with Crippen molar-refractivity contribution in [3.05, 3.63) is 63.6 Å². The van der Waals surface area contributed by atoms with Gasteiger partial charge in [0.2, 0.25) is 0 Å². The molecule has 2 rings (SSSR count). The molecule has 0 unspecified atom stereocenters. The second-order valence-corrected chi connectivity index (χ2v) is 6.97. The third kappa shape index (κ3) is 3.83. The molecule has 0 N–H and O–H groups in total. The zero-order valence-electron chi connectivity index (χ0n) is 13.0. The van der Waals surface area contributed by atoms with Crippen molar-refractivity contribution in [2.24, 2.45) is 0 Å². The number of hydrogen-bond donors (Lipinski definition) is 0. The van der Waals surface area contributed by atoms with Crippen molar-refractivity contribution in [1.82, 2.24) is 0 Å². The Labute approximate surface area is 162 Å². The number of benzene rings is 1. The van der Waals surface area contributed by atoms with E-state index in [4.69, 9.17) is 0 Å². The Morgan fingerprint density at radius 3 is 0.917 bits per heavy atom. The highest BCUT2D eigenvalue weighted by atomic mass is 127. The average molecular weight is 570 g/mol. The van der Waals surface area contributed by atoms with E-state index >= 15 is 0 Å². The Morgan fingerprint density at radius 1 is 0.583 bits per heavy atom. The third-order valence-electron chi connectivity index (χ3n) is 3.42. The van der Waals surface area contributed by atoms with Crippen molar-refractivity contribution in [2.75, 3.05) is 0 Å². The van der Waals surface area contributed by atoms with Crippen LogP contribution in [0, 0.1) is 68.5 Å². The average Bonchev–Trinajstić information content (AvgIpc) is 2.58. The molecule has 0 aliphatic rings. The smallest absolute Gasteiger partial charge is 0.258 e. The lowest BCUT2D eigenvalue weighted by atomic mass is 10.3. The maximum Gasteiger partial charge on any atom is 0.258 e. The predicted molar refractivity (Wildman–Crippen MR) is 95.0 cm³/mol. The molecule has 0 bridgehead atoms. The molecule has 0 saturated carbocycles. The van der Waals surface area contributed by atoms with Crippen molar-refractivity contribution in [1.29, 1.82) is 0 Å². The van der Waals surface area contributed by atoms with Gasteiger partial charge in [-0.05, 0) is 45.2 Å². The van der Waals surface area contributed by atoms with E-state index in [1.54, 1.807) is 27.7 Å². The summed E-state index contributed by atoms with van der Waals surface area (Å²) in [5, 5.41) is 22.7. The van der Waals surface area contributed by atoms with Gasteiger partial charge in [0.15, 0.2) is 23.3 Å². The van der Waals surface area contributed by atoms with E-state index in [9.17, 15) is 28.0 Å². The molecule has 0 atom stereocenters. The number of hydrogen-bond acceptors (Lipinski definition) is 2. The van der Waals surface area contributed by atoms with Gasteiger partial charge < -0.3 is 10.4 Å². The van der Waals surface area contributed by atoms with Gasteiger partial charge >= 0.3 is 0 Å². The Morgan fingerprint density at radius 2 is 0.750 bits per heavy atom. The first-order valence-corrected chi connectivity index (χ1v) is 8.55. The van der Waals surface area contributed by atoms with Crippen LogP contribution in [0.3, 0.4) is 0 Å². The molecule has 1 aromatic carbocycles. The summed E-state index contributed by atoms with van der Waals surface area (Å²) < 4.78 is 50.8. The Bertz CT molecular complexity index is 539. The van der Waals surface area contributed by atoms with Crippen molar-refractivity contribution >= 4 is 45.2 Å². The van der Waals surface area contributed by atoms with Gasteiger partial charge in [-0.25, -0.2) is 17.6 Å². The summed E-state index contributed by atoms with van der Waals surface area (Å²) in [5.74, 6) is -5.39. The number of aromatic nitrogens is 2. The lowest BCUT2D eigenvalue weighted by Crippen LogP contribution is -2.47. The molecule has 0 saturated heterocycles. The van der Waals surface area contributed by atoms with E-state index in [0.29, 0.717) is 22.8 Å². The van der Waals surface area contributed by atoms with E-state index < -0.39 is 30.4 Å². The van der Waals surface area contributed by atoms with Crippen molar-refractivity contribution < 1.29 is 27.0 Å². The quantitative estimate of drug-likeness (QED) is 0.121. The van der Waals surface area contributed by atoms with Gasteiger partial charge in [0.1, 0.15) is 0 Å². The summed E-state index contributed by atoms with van der Waals surface area (Å²) in [4.78, 5) is 0. The normalized spacial score (nSPS) is 10.4. The molecule has 2 aromatic rings. The number of halogens is 6. The summed E-state index contributed by atoms with van der Waals surface area (Å²) in [5.41, 5.74) is 1.86. The second-order valence-electron chi connectivity index (χ2n) is 4.81. The van der Waals surface area contributed by atoms with Gasteiger partial charge in [0.05, 0.1) is 7.14 Å². The van der Waals surface area contributed by atoms with Crippen LogP contribution >= 0.6 is 45.2 Å². The van der Waals surface area contributed by atoms with Gasteiger partial charge in [0.25, 0.3) is 22.8 Å². The lowest BCUT2D eigenvalue weighted by molar-refractivity contribution is -0.682. The topological polar surface area (TPSA) is 53.9 Å². The minimum Gasteiger partial charge on any atom is -0.618 e. The molecule has 24 heavy (non-hydrogen) atoms. The summed E-state index contributed by atoms with van der Waals surface area (Å²) in [6.45, 7) is 6.57. The summed E-state index contributed by atoms with van der Waals surface area (Å²) in [7, 11) is 0. The molecule has 0 spiro atoms. The van der Waals surface area contributed by atoms with Gasteiger partial charge in [-0.2, -0.15) is 9.46 Å². The zero-order chi connectivity index (χ0) is 18.9. The first-order valence-electron chi connectivity index (χ1n) is 6.39. The van der Waals surface area contributed by atoms with Gasteiger partial charge in [-0.1, -0.05) is 0 Å². The minimum absolute atomic E-state index is 0.466. The van der Waals surface area contributed by atoms with E-state index in [-0.39, 0.29) is 0 Å². The Balaban J connectivity index is 0.000000240. The molecule has 0 aliphatic heterocycles. The first-order chi connectivity index (χ1) is 10.9. The molecule has 1 heterocycles. The number of rotatable bonds is 0. The predicted octanol–water partition coefficient (Wildman–Crippen LogP) is 3.64. The van der Waals surface area contributed by atoms with Crippen LogP contribution in [0.5, 0.6) is 0 Å². The van der Waals surface area contributed by atoms with Gasteiger partial charge in [-0.15, -0.1) is 0 Å². The van der Waals surface area contributed by atoms with Crippen LogP contribution in [0.25, 0.3) is 0 Å². The fourth-order valence-corrected chi connectivity index (χ4v) is 2.62. The van der Waals surface area contributed by atoms with Crippen LogP contribution in [0.1, 0.15) is 22.8 Å². The fraction of sp³-hybridized carbons (Fsp3) is 0.286. The van der Waals surface area contributed by atoms with Crippen LogP contribution in [0.2, 0.25) is 0 Å². The maximum absolute atomic E-state index is 12.6. The highest BCUT2D eigenvalue weighted by molar-refractivity contribution is 14.1. The van der Waals surface area contributed by atoms with E-state index in [1.807, 2.05) is 0 Å². The second kappa shape index (κ2) is 7.97. The Kier molecular flexibility index (Phi) is 7.02. The van der Waals surface area contributed by atoms with Gasteiger partial charge in [-0.3, -0.25) is 0 Å². The van der Waals surface area contributed by atoms with E-state index in [1.165, 1.54) is 45.2 Å². The van der Waals surface area contributed by atoms with Crippen molar-refractivity contribution in [3.8, 4) is 0 Å². The molecule has 4 nitrogen and oxygen atoms in total. The maximum atomic E-state index is 12.6. The van der Waals surface area contributed by atoms with Crippen LogP contribution in [-0.2, 0) is 0 Å². The molecule has 10 heteroatoms. The molecule has 0 radical (unpaired) electrons. The van der Waals surface area contributed by atoms with Crippen LogP contribution in [0.4, 0.5) is 17.6 Å². The molecule has 132 valence electrons. The van der Waals surface area contributed by atoms with Crippen LogP contribution in [-0.4, -0.2) is 0 Å². The molecule has 0 fully saturated rings. The highest BCUT2D eigenvalue weighted by Crippen LogP contribution is 2.25. The lowest BCUT2D eigenvalue weighted by Gasteiger charge is -2.09. The highest BCUT2D eigenvalue weighted by Gasteiger charge is 2.22. The molecule has 0 amide bonds. The molecule has 1 aromatic heterocycles. The zero-order valence-corrected chi connectivity index (χ0v) is 17.3. The number of nitrogens with zero attached hydrogens (tertiary/aromatic N) is 2. The van der Waals surface area contributed by atoms with Crippen molar-refractivity contribution in [3.63, 3.8) is 0 Å². The summed E-state index contributed by atoms with van der Waals surface area (Å²) in [6, 6.07) is 0. The van der Waals surface area contributed by atoms with Crippen LogP contribution < -0.4 is 9.46 Å². The SMILES string of the molecule is Cc1c(C)[n+]([O-])c(C)c(C)[n+]1[O-].Fc1c(F)c(I)c(F)c(F)c1I. The summed E-state index contributed by atoms with van der Waals surface area (Å²) in [6.07, 6.45) is 0. The molecule has 0 aliphatic carbocycles. The molecular weight excluding hydrogens is 558 g/mol. The monoisotopic (exact) mass is 570 g/mol. The van der Waals surface area contributed by atoms with Crippen molar-refractivity contribution in [2.45, 2.75) is 27.7 Å². The largest absolute Gasteiger partial charge is 0.618 e. The first kappa shape index (κ1) is 21.1. The van der Waals surface area contributed by atoms with E-state index in [2.05, 4.69) is 0 Å². The van der Waals surface area contributed by atoms with E-state index in [0.717, 1.165) is 9.46 Å². The minimum atomic E-state index is -1.35. The standard InChI is InChI=1S/C8H12N2O2.C6F4I2/c1-5-6(2)10(12)8(4)7(3)9(5)11;7-1-2(8)6(12)4(10)3(9)5(1)11/h1-4H3;. The third-order valence-corrected chi connectivity index (χ3v) is 5.32.